The molecule has 0 aliphatic heterocycles. The molecule has 0 spiro atoms. The zero-order chi connectivity index (χ0) is 7.56. The summed E-state index contributed by atoms with van der Waals surface area (Å²) in [5.41, 5.74) is 0. The van der Waals surface area contributed by atoms with Crippen molar-refractivity contribution >= 4 is 5.97 Å². The molecule has 5 heteroatoms. The number of carbonyl (C=O) groups is 1. The number of ether oxygens (including phenoxy) is 1. The van der Waals surface area contributed by atoms with Crippen LogP contribution in [0.2, 0.25) is 0 Å². The summed E-state index contributed by atoms with van der Waals surface area (Å²) in [5, 5.41) is 3.33. The largest absolute Gasteiger partial charge is 0.463 e. The Morgan fingerprint density at radius 3 is 2.80 bits per heavy atom. The average molecular weight is 142 g/mol. The highest BCUT2D eigenvalue weighted by Crippen LogP contribution is 1.95. The molecule has 1 aromatic rings. The number of hydrogen-bond donors (Lipinski definition) is 0. The molecule has 0 aromatic carbocycles. The van der Waals surface area contributed by atoms with E-state index in [-0.39, 0.29) is 5.82 Å². The smallest absolute Gasteiger partial charge is 0.379 e. The summed E-state index contributed by atoms with van der Waals surface area (Å²) >= 11 is 0. The third-order valence-electron chi connectivity index (χ3n) is 0.896. The maximum absolute atomic E-state index is 10.6. The molecule has 0 unspecified atom stereocenters. The summed E-state index contributed by atoms with van der Waals surface area (Å²) in [7, 11) is 1.26. The fourth-order valence-electron chi connectivity index (χ4n) is 0.473. The first-order chi connectivity index (χ1) is 4.74. The van der Waals surface area contributed by atoms with Crippen LogP contribution < -0.4 is 0 Å². The summed E-state index contributed by atoms with van der Waals surface area (Å²) < 4.78 is 8.85. The van der Waals surface area contributed by atoms with Crippen molar-refractivity contribution in [2.45, 2.75) is 6.92 Å². The van der Waals surface area contributed by atoms with Gasteiger partial charge in [-0.05, 0) is 5.16 Å². The van der Waals surface area contributed by atoms with Gasteiger partial charge in [0.1, 0.15) is 0 Å². The molecule has 0 aliphatic rings. The van der Waals surface area contributed by atoms with Crippen LogP contribution in [-0.4, -0.2) is 23.2 Å². The first-order valence-electron chi connectivity index (χ1n) is 2.62. The Morgan fingerprint density at radius 2 is 2.40 bits per heavy atom. The number of hydrogen-bond acceptors (Lipinski definition) is 5. The first-order valence-corrected chi connectivity index (χ1v) is 2.62. The SMILES string of the molecule is COC(=O)c1noc(C)n1. The van der Waals surface area contributed by atoms with Gasteiger partial charge >= 0.3 is 5.97 Å². The van der Waals surface area contributed by atoms with E-state index < -0.39 is 5.97 Å². The van der Waals surface area contributed by atoms with Crippen LogP contribution in [0.25, 0.3) is 0 Å². The molecule has 0 fully saturated rings. The van der Waals surface area contributed by atoms with E-state index in [0.29, 0.717) is 5.89 Å². The van der Waals surface area contributed by atoms with Crippen LogP contribution in [0.5, 0.6) is 0 Å². The van der Waals surface area contributed by atoms with Crippen LogP contribution in [0.1, 0.15) is 16.5 Å². The van der Waals surface area contributed by atoms with E-state index in [1.807, 2.05) is 0 Å². The average Bonchev–Trinajstić information content (AvgIpc) is 2.34. The number of aryl methyl sites for hydroxylation is 1. The van der Waals surface area contributed by atoms with Crippen molar-refractivity contribution in [2.24, 2.45) is 0 Å². The minimum atomic E-state index is -0.586. The highest BCUT2D eigenvalue weighted by Gasteiger charge is 2.11. The molecule has 10 heavy (non-hydrogen) atoms. The van der Waals surface area contributed by atoms with Crippen LogP contribution in [0.3, 0.4) is 0 Å². The summed E-state index contributed by atoms with van der Waals surface area (Å²) in [5.74, 6) is -0.280. The molecule has 0 atom stereocenters. The van der Waals surface area contributed by atoms with Gasteiger partial charge in [0.2, 0.25) is 5.89 Å². The van der Waals surface area contributed by atoms with Crippen molar-refractivity contribution in [1.82, 2.24) is 10.1 Å². The maximum atomic E-state index is 10.6. The van der Waals surface area contributed by atoms with Crippen molar-refractivity contribution in [3.05, 3.63) is 11.7 Å². The Kier molecular flexibility index (Phi) is 1.66. The lowest BCUT2D eigenvalue weighted by Crippen LogP contribution is -2.02. The van der Waals surface area contributed by atoms with Crippen molar-refractivity contribution in [3.63, 3.8) is 0 Å². The molecule has 0 N–H and O–H groups in total. The molecule has 0 saturated carbocycles. The molecule has 1 heterocycles. The van der Waals surface area contributed by atoms with Gasteiger partial charge in [-0.15, -0.1) is 0 Å². The zero-order valence-corrected chi connectivity index (χ0v) is 5.62. The Bertz CT molecular complexity index is 243. The molecule has 0 saturated heterocycles. The summed E-state index contributed by atoms with van der Waals surface area (Å²) in [6, 6.07) is 0. The third kappa shape index (κ3) is 1.12. The van der Waals surface area contributed by atoms with E-state index in [2.05, 4.69) is 19.4 Å². The van der Waals surface area contributed by atoms with Gasteiger partial charge < -0.3 is 9.26 Å². The predicted molar refractivity (Wildman–Crippen MR) is 30.4 cm³/mol. The lowest BCUT2D eigenvalue weighted by molar-refractivity contribution is 0.0583. The highest BCUT2D eigenvalue weighted by atomic mass is 16.5. The van der Waals surface area contributed by atoms with Gasteiger partial charge in [0.25, 0.3) is 5.82 Å². The van der Waals surface area contributed by atoms with E-state index in [4.69, 9.17) is 0 Å². The van der Waals surface area contributed by atoms with Crippen molar-refractivity contribution in [2.75, 3.05) is 7.11 Å². The first kappa shape index (κ1) is 6.73. The Balaban J connectivity index is 2.85. The quantitative estimate of drug-likeness (QED) is 0.522. The van der Waals surface area contributed by atoms with E-state index in [1.54, 1.807) is 6.92 Å². The Labute approximate surface area is 57.0 Å². The predicted octanol–water partition coefficient (Wildman–Crippen LogP) is 0.165. The standard InChI is InChI=1S/C5H6N2O3/c1-3-6-4(7-10-3)5(8)9-2/h1-2H3. The van der Waals surface area contributed by atoms with E-state index in [9.17, 15) is 4.79 Å². The van der Waals surface area contributed by atoms with Gasteiger partial charge in [-0.1, -0.05) is 0 Å². The van der Waals surface area contributed by atoms with E-state index >= 15 is 0 Å². The van der Waals surface area contributed by atoms with Crippen molar-refractivity contribution < 1.29 is 14.1 Å². The van der Waals surface area contributed by atoms with E-state index in [0.717, 1.165) is 0 Å². The minimum Gasteiger partial charge on any atom is -0.463 e. The van der Waals surface area contributed by atoms with Crippen LogP contribution >= 0.6 is 0 Å². The second kappa shape index (κ2) is 2.47. The molecule has 0 bridgehead atoms. The normalized spacial score (nSPS) is 9.40. The second-order valence-electron chi connectivity index (χ2n) is 1.63. The maximum Gasteiger partial charge on any atom is 0.379 e. The number of rotatable bonds is 1. The molecular formula is C5H6N2O3. The molecule has 0 aliphatic carbocycles. The number of methoxy groups -OCH3 is 1. The summed E-state index contributed by atoms with van der Waals surface area (Å²) in [6.45, 7) is 1.60. The fraction of sp³-hybridized carbons (Fsp3) is 0.400. The lowest BCUT2D eigenvalue weighted by atomic mass is 10.6. The van der Waals surface area contributed by atoms with Gasteiger partial charge in [-0.2, -0.15) is 4.98 Å². The molecule has 0 radical (unpaired) electrons. The zero-order valence-electron chi connectivity index (χ0n) is 5.62. The topological polar surface area (TPSA) is 65.2 Å². The van der Waals surface area contributed by atoms with Gasteiger partial charge in [-0.25, -0.2) is 4.79 Å². The molecule has 54 valence electrons. The Hall–Kier alpha value is -1.39. The molecular weight excluding hydrogens is 136 g/mol. The van der Waals surface area contributed by atoms with Gasteiger partial charge in [0.15, 0.2) is 0 Å². The number of nitrogens with zero attached hydrogens (tertiary/aromatic N) is 2. The summed E-state index contributed by atoms with van der Waals surface area (Å²) in [4.78, 5) is 14.2. The molecule has 0 amide bonds. The molecule has 1 rings (SSSR count). The van der Waals surface area contributed by atoms with Gasteiger partial charge in [0.05, 0.1) is 7.11 Å². The van der Waals surface area contributed by atoms with Crippen molar-refractivity contribution in [3.8, 4) is 0 Å². The van der Waals surface area contributed by atoms with E-state index in [1.165, 1.54) is 7.11 Å². The number of aromatic nitrogens is 2. The van der Waals surface area contributed by atoms with Crippen molar-refractivity contribution in [1.29, 1.82) is 0 Å². The molecule has 1 aromatic heterocycles. The Morgan fingerprint density at radius 1 is 1.70 bits per heavy atom. The van der Waals surface area contributed by atoms with Gasteiger partial charge in [-0.3, -0.25) is 0 Å². The van der Waals surface area contributed by atoms with Crippen LogP contribution in [-0.2, 0) is 4.74 Å². The monoisotopic (exact) mass is 142 g/mol. The fourth-order valence-corrected chi connectivity index (χ4v) is 0.473. The minimum absolute atomic E-state index is 0.0417. The number of carbonyl (C=O) groups excluding carboxylic acids is 1. The van der Waals surface area contributed by atoms with Gasteiger partial charge in [0, 0.05) is 6.92 Å². The second-order valence-corrected chi connectivity index (χ2v) is 1.63. The highest BCUT2D eigenvalue weighted by molar-refractivity contribution is 5.84. The number of esters is 1. The lowest BCUT2D eigenvalue weighted by Gasteiger charge is -1.86. The van der Waals surface area contributed by atoms with Crippen LogP contribution in [0, 0.1) is 6.92 Å². The third-order valence-corrected chi connectivity index (χ3v) is 0.896. The van der Waals surface area contributed by atoms with Crippen LogP contribution in [0.15, 0.2) is 4.52 Å². The summed E-state index contributed by atoms with van der Waals surface area (Å²) in [6.07, 6.45) is 0. The van der Waals surface area contributed by atoms with Crippen LogP contribution in [0.4, 0.5) is 0 Å². The molecule has 5 nitrogen and oxygen atoms in total.